The van der Waals surface area contributed by atoms with Crippen LogP contribution < -0.4 is 15.0 Å². The molecule has 5 rings (SSSR count). The number of aromatic amines is 1. The lowest BCUT2D eigenvalue weighted by Gasteiger charge is -2.29. The molecule has 1 unspecified atom stereocenters. The van der Waals surface area contributed by atoms with Gasteiger partial charge in [-0.25, -0.2) is 4.98 Å². The second-order valence-electron chi connectivity index (χ2n) is 9.12. The molecule has 1 aliphatic heterocycles. The zero-order valence-corrected chi connectivity index (χ0v) is 19.1. The van der Waals surface area contributed by atoms with E-state index in [4.69, 9.17) is 9.72 Å². The number of ether oxygens (including phenoxy) is 1. The molecule has 1 aromatic carbocycles. The van der Waals surface area contributed by atoms with Crippen LogP contribution in [0.4, 0.5) is 10.8 Å². The van der Waals surface area contributed by atoms with Gasteiger partial charge in [0.2, 0.25) is 0 Å². The van der Waals surface area contributed by atoms with Gasteiger partial charge >= 0.3 is 0 Å². The highest BCUT2D eigenvalue weighted by Crippen LogP contribution is 2.43. The van der Waals surface area contributed by atoms with E-state index < -0.39 is 0 Å². The molecule has 32 heavy (non-hydrogen) atoms. The van der Waals surface area contributed by atoms with E-state index in [0.29, 0.717) is 30.9 Å². The first-order valence-corrected chi connectivity index (χ1v) is 11.5. The number of Topliss-reactive ketones (excluding diaryl/α,β-unsaturated/α-hetero) is 1. The number of fused-ring (bicyclic) bond motifs is 2. The van der Waals surface area contributed by atoms with Crippen LogP contribution in [-0.4, -0.2) is 40.0 Å². The summed E-state index contributed by atoms with van der Waals surface area (Å²) in [6.07, 6.45) is 4.81. The number of rotatable bonds is 4. The molecule has 0 saturated heterocycles. The summed E-state index contributed by atoms with van der Waals surface area (Å²) in [6, 6.07) is 5.27. The third kappa shape index (κ3) is 3.77. The second-order valence-corrected chi connectivity index (χ2v) is 10.1. The number of aromatic nitrogens is 3. The molecule has 3 heterocycles. The van der Waals surface area contributed by atoms with Crippen molar-refractivity contribution in [3.63, 3.8) is 0 Å². The number of hydrogen-bond donors (Lipinski definition) is 2. The van der Waals surface area contributed by atoms with E-state index in [2.05, 4.69) is 34.3 Å². The summed E-state index contributed by atoms with van der Waals surface area (Å²) in [4.78, 5) is 33.1. The molecule has 1 aliphatic carbocycles. The molecule has 9 heteroatoms. The van der Waals surface area contributed by atoms with Crippen molar-refractivity contribution in [1.29, 1.82) is 0 Å². The first-order valence-electron chi connectivity index (χ1n) is 10.7. The molecule has 166 valence electrons. The first kappa shape index (κ1) is 20.7. The number of H-pyrrole nitrogens is 1. The zero-order chi connectivity index (χ0) is 22.5. The second kappa shape index (κ2) is 7.74. The van der Waals surface area contributed by atoms with Gasteiger partial charge in [-0.05, 0) is 37.0 Å². The molecule has 0 bridgehead atoms. The molecule has 1 atom stereocenters. The fourth-order valence-electron chi connectivity index (χ4n) is 4.24. The van der Waals surface area contributed by atoms with Crippen LogP contribution in [0.2, 0.25) is 0 Å². The topological polar surface area (TPSA) is 100 Å². The number of carbonyl (C=O) groups excluding carboxylic acids is 2. The molecule has 0 spiro atoms. The van der Waals surface area contributed by atoms with Crippen LogP contribution in [0, 0.1) is 5.41 Å². The molecule has 8 nitrogen and oxygen atoms in total. The fourth-order valence-corrected chi connectivity index (χ4v) is 5.30. The molecule has 0 fully saturated rings. The molecular weight excluding hydrogens is 426 g/mol. The van der Waals surface area contributed by atoms with Crippen LogP contribution in [0.25, 0.3) is 0 Å². The Balaban J connectivity index is 1.39. The van der Waals surface area contributed by atoms with Crippen molar-refractivity contribution in [2.75, 3.05) is 18.1 Å². The van der Waals surface area contributed by atoms with Crippen molar-refractivity contribution in [3.8, 4) is 5.75 Å². The predicted octanol–water partition coefficient (Wildman–Crippen LogP) is 4.04. The number of amides is 1. The van der Waals surface area contributed by atoms with Gasteiger partial charge in [-0.15, -0.1) is 0 Å². The largest absolute Gasteiger partial charge is 0.490 e. The summed E-state index contributed by atoms with van der Waals surface area (Å²) in [5.41, 5.74) is 3.12. The zero-order valence-electron chi connectivity index (χ0n) is 18.3. The molecule has 2 aromatic heterocycles. The maximum atomic E-state index is 12.8. The number of anilines is 2. The monoisotopic (exact) mass is 451 g/mol. The number of thiazole rings is 1. The Morgan fingerprint density at radius 1 is 1.34 bits per heavy atom. The van der Waals surface area contributed by atoms with Crippen LogP contribution in [0.3, 0.4) is 0 Å². The van der Waals surface area contributed by atoms with Crippen molar-refractivity contribution in [3.05, 3.63) is 52.3 Å². The molecule has 2 aliphatic rings. The fraction of sp³-hybridized carbons (Fsp3) is 0.391. The van der Waals surface area contributed by atoms with Gasteiger partial charge < -0.3 is 15.0 Å². The summed E-state index contributed by atoms with van der Waals surface area (Å²) in [7, 11) is 0. The molecule has 3 aromatic rings. The van der Waals surface area contributed by atoms with Gasteiger partial charge in [-0.1, -0.05) is 25.2 Å². The number of benzene rings is 1. The number of hydrogen-bond acceptors (Lipinski definition) is 7. The van der Waals surface area contributed by atoms with Gasteiger partial charge in [0.15, 0.2) is 10.9 Å². The van der Waals surface area contributed by atoms with Gasteiger partial charge in [-0.3, -0.25) is 14.7 Å². The summed E-state index contributed by atoms with van der Waals surface area (Å²) in [6.45, 7) is 7.24. The highest BCUT2D eigenvalue weighted by molar-refractivity contribution is 7.17. The minimum absolute atomic E-state index is 0.0613. The highest BCUT2D eigenvalue weighted by atomic mass is 32.1. The first-order chi connectivity index (χ1) is 15.3. The number of nitrogens with zero attached hydrogens (tertiary/aromatic N) is 3. The standard InChI is InChI=1S/C23H25N5O3S/c1-13(15-11-24-25-12-15)26-21(30)14-4-5-17-19(8-14)31-7-6-28(17)22-27-16-9-23(2,3)10-18(29)20(16)32-22/h4-5,8,11-13H,6-7,9-10H2,1-3H3,(H,24,25)(H,26,30). The van der Waals surface area contributed by atoms with Gasteiger partial charge in [0.25, 0.3) is 5.91 Å². The summed E-state index contributed by atoms with van der Waals surface area (Å²) in [5.74, 6) is 0.631. The minimum atomic E-state index is -0.181. The van der Waals surface area contributed by atoms with Crippen LogP contribution in [0.1, 0.15) is 64.5 Å². The molecular formula is C23H25N5O3S. The Labute approximate surface area is 190 Å². The minimum Gasteiger partial charge on any atom is -0.490 e. The van der Waals surface area contributed by atoms with E-state index in [9.17, 15) is 9.59 Å². The molecule has 1 amide bonds. The van der Waals surface area contributed by atoms with E-state index in [-0.39, 0.29) is 23.1 Å². The number of nitrogens with one attached hydrogen (secondary N) is 2. The Morgan fingerprint density at radius 3 is 2.97 bits per heavy atom. The molecule has 0 radical (unpaired) electrons. The van der Waals surface area contributed by atoms with E-state index >= 15 is 0 Å². The molecule has 0 saturated carbocycles. The van der Waals surface area contributed by atoms with E-state index in [1.165, 1.54) is 11.3 Å². The van der Waals surface area contributed by atoms with Gasteiger partial charge in [0, 0.05) is 23.7 Å². The van der Waals surface area contributed by atoms with E-state index in [0.717, 1.165) is 33.4 Å². The average Bonchev–Trinajstić information content (AvgIpc) is 3.42. The lowest BCUT2D eigenvalue weighted by molar-refractivity contribution is 0.0913. The van der Waals surface area contributed by atoms with Crippen LogP contribution in [0.5, 0.6) is 5.75 Å². The van der Waals surface area contributed by atoms with Gasteiger partial charge in [-0.2, -0.15) is 5.10 Å². The van der Waals surface area contributed by atoms with Gasteiger partial charge in [0.1, 0.15) is 12.4 Å². The van der Waals surface area contributed by atoms with Crippen molar-refractivity contribution in [1.82, 2.24) is 20.5 Å². The van der Waals surface area contributed by atoms with Crippen molar-refractivity contribution >= 4 is 33.8 Å². The third-order valence-corrected chi connectivity index (χ3v) is 7.07. The lowest BCUT2D eigenvalue weighted by atomic mass is 9.78. The Bertz CT molecular complexity index is 1180. The Kier molecular flexibility index (Phi) is 5.00. The summed E-state index contributed by atoms with van der Waals surface area (Å²) in [5, 5.41) is 10.5. The normalized spacial score (nSPS) is 17.8. The van der Waals surface area contributed by atoms with Crippen LogP contribution in [-0.2, 0) is 6.42 Å². The van der Waals surface area contributed by atoms with E-state index in [1.54, 1.807) is 24.5 Å². The molecule has 2 N–H and O–H groups in total. The van der Waals surface area contributed by atoms with Crippen LogP contribution >= 0.6 is 11.3 Å². The predicted molar refractivity (Wildman–Crippen MR) is 122 cm³/mol. The average molecular weight is 452 g/mol. The Morgan fingerprint density at radius 2 is 2.19 bits per heavy atom. The lowest BCUT2D eigenvalue weighted by Crippen LogP contribution is -2.30. The van der Waals surface area contributed by atoms with E-state index in [1.807, 2.05) is 13.0 Å². The number of carbonyl (C=O) groups is 2. The smallest absolute Gasteiger partial charge is 0.251 e. The highest BCUT2D eigenvalue weighted by Gasteiger charge is 2.35. The van der Waals surface area contributed by atoms with Crippen molar-refractivity contribution < 1.29 is 14.3 Å². The van der Waals surface area contributed by atoms with Crippen molar-refractivity contribution in [2.24, 2.45) is 5.41 Å². The quantitative estimate of drug-likeness (QED) is 0.621. The summed E-state index contributed by atoms with van der Waals surface area (Å²) < 4.78 is 5.87. The maximum Gasteiger partial charge on any atom is 0.251 e. The maximum absolute atomic E-state index is 12.8. The Hall–Kier alpha value is -3.20. The SMILES string of the molecule is CC(NC(=O)c1ccc2c(c1)OCCN2c1nc2c(s1)C(=O)CC(C)(C)C2)c1cn[nH]c1. The third-order valence-electron chi connectivity index (χ3n) is 5.91. The van der Waals surface area contributed by atoms with Crippen LogP contribution in [0.15, 0.2) is 30.6 Å². The van der Waals surface area contributed by atoms with Gasteiger partial charge in [0.05, 0.1) is 35.0 Å². The van der Waals surface area contributed by atoms with Crippen molar-refractivity contribution in [2.45, 2.75) is 39.7 Å². The number of ketones is 1. The summed E-state index contributed by atoms with van der Waals surface area (Å²) >= 11 is 1.45.